The molecule has 0 amide bonds. The summed E-state index contributed by atoms with van der Waals surface area (Å²) in [6, 6.07) is 85.8. The summed E-state index contributed by atoms with van der Waals surface area (Å²) in [5.74, 6) is 1.89. The van der Waals surface area contributed by atoms with Gasteiger partial charge in [-0.25, -0.2) is 15.0 Å². The molecule has 3 nitrogen and oxygen atoms in total. The van der Waals surface area contributed by atoms with Gasteiger partial charge < -0.3 is 0 Å². The summed E-state index contributed by atoms with van der Waals surface area (Å²) in [5.41, 5.74) is 5.03. The second-order valence-corrected chi connectivity index (χ2v) is 18.5. The third-order valence-electron chi connectivity index (χ3n) is 14.8. The second-order valence-electron chi connectivity index (χ2n) is 18.5. The first-order chi connectivity index (χ1) is 34.7. The molecule has 0 spiro atoms. The van der Waals surface area contributed by atoms with Gasteiger partial charge in [0, 0.05) is 16.7 Å². The maximum absolute atomic E-state index is 5.35. The van der Waals surface area contributed by atoms with E-state index in [2.05, 4.69) is 218 Å². The zero-order valence-electron chi connectivity index (χ0n) is 37.9. The van der Waals surface area contributed by atoms with Crippen LogP contribution in [0.3, 0.4) is 0 Å². The van der Waals surface area contributed by atoms with Crippen molar-refractivity contribution in [1.82, 2.24) is 15.0 Å². The van der Waals surface area contributed by atoms with Crippen molar-refractivity contribution < 1.29 is 0 Å². The first-order valence-electron chi connectivity index (χ1n) is 24.0. The molecule has 14 aromatic carbocycles. The molecule has 15 rings (SSSR count). The monoisotopic (exact) mass is 885 g/mol. The number of rotatable bonds is 4. The highest BCUT2D eigenvalue weighted by atomic mass is 15.0. The van der Waals surface area contributed by atoms with Crippen LogP contribution in [-0.4, -0.2) is 15.0 Å². The van der Waals surface area contributed by atoms with Gasteiger partial charge in [-0.1, -0.05) is 218 Å². The molecular formula is C67H39N3. The Morgan fingerprint density at radius 3 is 0.900 bits per heavy atom. The Kier molecular flexibility index (Phi) is 8.36. The molecule has 0 saturated heterocycles. The van der Waals surface area contributed by atoms with Crippen LogP contribution in [0.5, 0.6) is 0 Å². The maximum atomic E-state index is 5.35. The lowest BCUT2D eigenvalue weighted by molar-refractivity contribution is 1.07. The van der Waals surface area contributed by atoms with Crippen molar-refractivity contribution in [3.8, 4) is 45.3 Å². The fourth-order valence-corrected chi connectivity index (χ4v) is 11.8. The van der Waals surface area contributed by atoms with Gasteiger partial charge in [-0.2, -0.15) is 0 Å². The lowest BCUT2D eigenvalue weighted by Crippen LogP contribution is -2.00. The molecule has 3 heteroatoms. The van der Waals surface area contributed by atoms with Crippen molar-refractivity contribution >= 4 is 108 Å². The van der Waals surface area contributed by atoms with Crippen LogP contribution in [0.25, 0.3) is 153 Å². The minimum Gasteiger partial charge on any atom is -0.208 e. The number of benzene rings is 14. The summed E-state index contributed by atoms with van der Waals surface area (Å²) >= 11 is 0. The quantitative estimate of drug-likeness (QED) is 0.165. The molecule has 0 unspecified atom stereocenters. The molecule has 0 aliphatic heterocycles. The van der Waals surface area contributed by atoms with Crippen LogP contribution < -0.4 is 0 Å². The number of aromatic nitrogens is 3. The van der Waals surface area contributed by atoms with E-state index in [9.17, 15) is 0 Å². The highest BCUT2D eigenvalue weighted by molar-refractivity contribution is 6.41. The minimum atomic E-state index is 0.626. The van der Waals surface area contributed by atoms with Crippen molar-refractivity contribution in [2.75, 3.05) is 0 Å². The molecule has 1 aromatic heterocycles. The molecule has 0 atom stereocenters. The third-order valence-corrected chi connectivity index (χ3v) is 14.8. The van der Waals surface area contributed by atoms with Gasteiger partial charge in [-0.15, -0.1) is 0 Å². The molecule has 0 aliphatic rings. The Balaban J connectivity index is 0.938. The van der Waals surface area contributed by atoms with Gasteiger partial charge in [0.05, 0.1) is 0 Å². The molecule has 70 heavy (non-hydrogen) atoms. The van der Waals surface area contributed by atoms with Gasteiger partial charge in [0.25, 0.3) is 0 Å². The number of hydrogen-bond acceptors (Lipinski definition) is 3. The van der Waals surface area contributed by atoms with Crippen molar-refractivity contribution in [1.29, 1.82) is 0 Å². The van der Waals surface area contributed by atoms with E-state index in [1.165, 1.54) is 108 Å². The molecule has 322 valence electrons. The summed E-state index contributed by atoms with van der Waals surface area (Å²) in [4.78, 5) is 15.8. The van der Waals surface area contributed by atoms with Gasteiger partial charge in [-0.3, -0.25) is 0 Å². The van der Waals surface area contributed by atoms with Crippen LogP contribution in [0.2, 0.25) is 0 Å². The Morgan fingerprint density at radius 1 is 0.157 bits per heavy atom. The molecule has 0 bridgehead atoms. The summed E-state index contributed by atoms with van der Waals surface area (Å²) in [6.07, 6.45) is 0. The normalized spacial score (nSPS) is 12.0. The number of nitrogens with zero attached hydrogens (tertiary/aromatic N) is 3. The van der Waals surface area contributed by atoms with Gasteiger partial charge in [0.15, 0.2) is 17.5 Å². The summed E-state index contributed by atoms with van der Waals surface area (Å²) in [6.45, 7) is 0. The molecule has 0 saturated carbocycles. The molecule has 15 aromatic rings. The Bertz CT molecular complexity index is 4690. The Labute approximate surface area is 402 Å². The Hall–Kier alpha value is -9.31. The molecule has 0 radical (unpaired) electrons. The average Bonchev–Trinajstić information content (AvgIpc) is 3.45. The third kappa shape index (κ3) is 5.73. The molecule has 0 aliphatic carbocycles. The number of hydrogen-bond donors (Lipinski definition) is 0. The van der Waals surface area contributed by atoms with E-state index in [0.29, 0.717) is 17.5 Å². The van der Waals surface area contributed by atoms with E-state index < -0.39 is 0 Å². The van der Waals surface area contributed by atoms with Crippen LogP contribution >= 0.6 is 0 Å². The lowest BCUT2D eigenvalue weighted by Gasteiger charge is -2.17. The Morgan fingerprint density at radius 2 is 0.429 bits per heavy atom. The van der Waals surface area contributed by atoms with Gasteiger partial charge in [-0.05, 0) is 137 Å². The summed E-state index contributed by atoms with van der Waals surface area (Å²) < 4.78 is 0. The SMILES string of the molecule is c1ccc(-c2nc(-c3cccc(-c4ccc5c(c4)c4ccccc4c4c6ccccc6c6ccccc6c54)c3)nc(-c3ccc4c5ccccc5c5c6ccccc6c6ccccc6c5c4c3)n2)cc1. The smallest absolute Gasteiger partial charge is 0.164 e. The second kappa shape index (κ2) is 15.1. The van der Waals surface area contributed by atoms with E-state index in [4.69, 9.17) is 15.0 Å². The lowest BCUT2D eigenvalue weighted by atomic mass is 9.86. The molecule has 1 heterocycles. The van der Waals surface area contributed by atoms with Crippen molar-refractivity contribution in [2.45, 2.75) is 0 Å². The zero-order valence-corrected chi connectivity index (χ0v) is 37.9. The maximum Gasteiger partial charge on any atom is 0.164 e. The van der Waals surface area contributed by atoms with Crippen LogP contribution in [0.1, 0.15) is 0 Å². The molecule has 0 N–H and O–H groups in total. The van der Waals surface area contributed by atoms with E-state index in [1.54, 1.807) is 0 Å². The summed E-state index contributed by atoms with van der Waals surface area (Å²) in [7, 11) is 0. The first kappa shape index (κ1) is 38.8. The predicted molar refractivity (Wildman–Crippen MR) is 297 cm³/mol. The van der Waals surface area contributed by atoms with Crippen molar-refractivity contribution in [3.05, 3.63) is 237 Å². The highest BCUT2D eigenvalue weighted by Gasteiger charge is 2.20. The van der Waals surface area contributed by atoms with E-state index in [0.717, 1.165) is 27.8 Å². The van der Waals surface area contributed by atoms with Crippen molar-refractivity contribution in [3.63, 3.8) is 0 Å². The van der Waals surface area contributed by atoms with E-state index in [1.807, 2.05) is 18.2 Å². The first-order valence-corrected chi connectivity index (χ1v) is 24.0. The van der Waals surface area contributed by atoms with E-state index >= 15 is 0 Å². The highest BCUT2D eigenvalue weighted by Crippen LogP contribution is 2.47. The summed E-state index contributed by atoms with van der Waals surface area (Å²) in [5, 5.41) is 25.1. The van der Waals surface area contributed by atoms with Gasteiger partial charge >= 0.3 is 0 Å². The fourth-order valence-electron chi connectivity index (χ4n) is 11.8. The minimum absolute atomic E-state index is 0.626. The standard InChI is InChI=1S/C67H39N3/c1-2-17-40(18-3-1)65-68-66(70-67(69-65)44-34-35-51-49-25-8-13-30-55(49)62-53-28-11-5-23-47(53)48-24-7-14-31-56(48)64(62)60(51)39-44)43-20-16-19-41(37-43)42-33-36-58-59(38-42)50-26-9-15-32-57(50)61-52-27-10-4-21-45(52)46-22-6-12-29-54(46)63(58)61/h1-39H. The molecule has 0 fully saturated rings. The van der Waals surface area contributed by atoms with Gasteiger partial charge in [0.1, 0.15) is 0 Å². The van der Waals surface area contributed by atoms with Gasteiger partial charge in [0.2, 0.25) is 0 Å². The van der Waals surface area contributed by atoms with Crippen LogP contribution in [-0.2, 0) is 0 Å². The zero-order chi connectivity index (χ0) is 45.9. The van der Waals surface area contributed by atoms with Crippen LogP contribution in [0.15, 0.2) is 237 Å². The van der Waals surface area contributed by atoms with Crippen LogP contribution in [0.4, 0.5) is 0 Å². The number of fused-ring (bicyclic) bond motifs is 22. The molecular weight excluding hydrogens is 847 g/mol. The topological polar surface area (TPSA) is 38.7 Å². The van der Waals surface area contributed by atoms with E-state index in [-0.39, 0.29) is 0 Å². The van der Waals surface area contributed by atoms with Crippen molar-refractivity contribution in [2.24, 2.45) is 0 Å². The van der Waals surface area contributed by atoms with Crippen LogP contribution in [0, 0.1) is 0 Å². The predicted octanol–water partition coefficient (Wildman–Crippen LogP) is 18.1. The fraction of sp³-hybridized carbons (Fsp3) is 0. The average molecular weight is 886 g/mol. The largest absolute Gasteiger partial charge is 0.208 e.